The van der Waals surface area contributed by atoms with Gasteiger partial charge in [0.05, 0.1) is 0 Å². The first-order valence-corrected chi connectivity index (χ1v) is 8.57. The first-order chi connectivity index (χ1) is 11.2. The highest BCUT2D eigenvalue weighted by Gasteiger charge is 2.49. The summed E-state index contributed by atoms with van der Waals surface area (Å²) in [5.74, 6) is -0.00954. The zero-order valence-corrected chi connectivity index (χ0v) is 13.6. The van der Waals surface area contributed by atoms with E-state index in [9.17, 15) is 9.59 Å². The predicted octanol–water partition coefficient (Wildman–Crippen LogP) is 4.27. The summed E-state index contributed by atoms with van der Waals surface area (Å²) in [7, 11) is 0. The lowest BCUT2D eigenvalue weighted by Crippen LogP contribution is -2.48. The van der Waals surface area contributed by atoms with Gasteiger partial charge in [-0.25, -0.2) is 4.79 Å². The van der Waals surface area contributed by atoms with Crippen molar-refractivity contribution in [2.45, 2.75) is 35.3 Å². The van der Waals surface area contributed by atoms with Crippen LogP contribution in [-0.4, -0.2) is 16.5 Å². The van der Waals surface area contributed by atoms with Crippen LogP contribution in [0, 0.1) is 0 Å². The second-order valence-corrected chi connectivity index (χ2v) is 6.95. The SMILES string of the molecule is O=C1CCCCC1(Sc1ccccc1)C(=O)Oc1ccccc1. The largest absolute Gasteiger partial charge is 0.425 e. The molecule has 1 aliphatic carbocycles. The Morgan fingerprint density at radius 1 is 0.957 bits per heavy atom. The van der Waals surface area contributed by atoms with Gasteiger partial charge in [-0.3, -0.25) is 4.79 Å². The van der Waals surface area contributed by atoms with Crippen molar-refractivity contribution >= 4 is 23.5 Å². The molecule has 1 fully saturated rings. The number of esters is 1. The molecule has 2 aromatic rings. The zero-order valence-electron chi connectivity index (χ0n) is 12.7. The van der Waals surface area contributed by atoms with Crippen LogP contribution in [0.25, 0.3) is 0 Å². The van der Waals surface area contributed by atoms with Crippen molar-refractivity contribution in [3.8, 4) is 5.75 Å². The van der Waals surface area contributed by atoms with Crippen LogP contribution in [0.1, 0.15) is 25.7 Å². The molecule has 1 unspecified atom stereocenters. The first-order valence-electron chi connectivity index (χ1n) is 7.75. The molecule has 1 saturated carbocycles. The van der Waals surface area contributed by atoms with Crippen LogP contribution in [0.15, 0.2) is 65.6 Å². The average molecular weight is 326 g/mol. The standard InChI is InChI=1S/C19H18O3S/c20-17-13-7-8-14-19(17,23-16-11-5-2-6-12-16)18(21)22-15-9-3-1-4-10-15/h1-6,9-12H,7-8,13-14H2. The molecule has 4 heteroatoms. The Bertz CT molecular complexity index is 684. The van der Waals surface area contributed by atoms with Crippen molar-refractivity contribution in [2.75, 3.05) is 0 Å². The molecule has 0 heterocycles. The second-order valence-electron chi connectivity index (χ2n) is 5.57. The van der Waals surface area contributed by atoms with E-state index < -0.39 is 10.7 Å². The lowest BCUT2D eigenvalue weighted by Gasteiger charge is -2.32. The number of hydrogen-bond donors (Lipinski definition) is 0. The van der Waals surface area contributed by atoms with Gasteiger partial charge in [0, 0.05) is 11.3 Å². The van der Waals surface area contributed by atoms with E-state index in [1.54, 1.807) is 12.1 Å². The summed E-state index contributed by atoms with van der Waals surface area (Å²) in [5.41, 5.74) is 0. The van der Waals surface area contributed by atoms with Crippen LogP contribution in [0.3, 0.4) is 0 Å². The number of benzene rings is 2. The van der Waals surface area contributed by atoms with Crippen molar-refractivity contribution in [1.82, 2.24) is 0 Å². The fourth-order valence-corrected chi connectivity index (χ4v) is 4.02. The average Bonchev–Trinajstić information content (AvgIpc) is 2.59. The Morgan fingerprint density at radius 2 is 1.61 bits per heavy atom. The lowest BCUT2D eigenvalue weighted by atomic mass is 9.87. The van der Waals surface area contributed by atoms with Crippen molar-refractivity contribution in [2.24, 2.45) is 0 Å². The summed E-state index contributed by atoms with van der Waals surface area (Å²) < 4.78 is 4.39. The van der Waals surface area contributed by atoms with Crippen LogP contribution in [0.5, 0.6) is 5.75 Å². The topological polar surface area (TPSA) is 43.4 Å². The van der Waals surface area contributed by atoms with Crippen molar-refractivity contribution < 1.29 is 14.3 Å². The minimum absolute atomic E-state index is 0.0291. The van der Waals surface area contributed by atoms with Crippen LogP contribution in [0.2, 0.25) is 0 Å². The molecule has 0 aromatic heterocycles. The van der Waals surface area contributed by atoms with Crippen LogP contribution >= 0.6 is 11.8 Å². The van der Waals surface area contributed by atoms with Gasteiger partial charge in [-0.2, -0.15) is 0 Å². The molecule has 0 N–H and O–H groups in total. The van der Waals surface area contributed by atoms with Gasteiger partial charge >= 0.3 is 5.97 Å². The Hall–Kier alpha value is -2.07. The maximum Gasteiger partial charge on any atom is 0.335 e. The molecular formula is C19H18O3S. The van der Waals surface area contributed by atoms with Gasteiger partial charge in [0.2, 0.25) is 0 Å². The molecule has 0 amide bonds. The molecule has 118 valence electrons. The quantitative estimate of drug-likeness (QED) is 0.478. The molecule has 0 saturated heterocycles. The number of Topliss-reactive ketones (excluding diaryl/α,β-unsaturated/α-hetero) is 1. The third-order valence-electron chi connectivity index (χ3n) is 3.95. The van der Waals surface area contributed by atoms with Crippen LogP contribution < -0.4 is 4.74 Å². The number of carbonyl (C=O) groups excluding carboxylic acids is 2. The third-order valence-corrected chi connectivity index (χ3v) is 5.41. The molecule has 0 radical (unpaired) electrons. The van der Waals surface area contributed by atoms with Gasteiger partial charge < -0.3 is 4.74 Å². The van der Waals surface area contributed by atoms with Gasteiger partial charge in [0.1, 0.15) is 5.75 Å². The summed E-state index contributed by atoms with van der Waals surface area (Å²) in [4.78, 5) is 26.4. The molecule has 0 spiro atoms. The molecule has 3 nitrogen and oxygen atoms in total. The Kier molecular flexibility index (Phi) is 4.82. The predicted molar refractivity (Wildman–Crippen MR) is 90.6 cm³/mol. The van der Waals surface area contributed by atoms with Gasteiger partial charge in [-0.15, -0.1) is 0 Å². The van der Waals surface area contributed by atoms with Crippen molar-refractivity contribution in [1.29, 1.82) is 0 Å². The fourth-order valence-electron chi connectivity index (χ4n) is 2.73. The lowest BCUT2D eigenvalue weighted by molar-refractivity contribution is -0.142. The number of para-hydroxylation sites is 1. The molecule has 1 atom stereocenters. The highest BCUT2D eigenvalue weighted by atomic mass is 32.2. The van der Waals surface area contributed by atoms with Gasteiger partial charge in [0.15, 0.2) is 10.5 Å². The molecule has 0 aliphatic heterocycles. The maximum atomic E-state index is 12.8. The number of ether oxygens (including phenoxy) is 1. The number of carbonyl (C=O) groups is 2. The summed E-state index contributed by atoms with van der Waals surface area (Å²) in [6.07, 6.45) is 2.66. The highest BCUT2D eigenvalue weighted by Crippen LogP contribution is 2.42. The van der Waals surface area contributed by atoms with E-state index in [0.717, 1.165) is 17.7 Å². The highest BCUT2D eigenvalue weighted by molar-refractivity contribution is 8.02. The van der Waals surface area contributed by atoms with Crippen LogP contribution in [-0.2, 0) is 9.59 Å². The van der Waals surface area contributed by atoms with E-state index in [1.807, 2.05) is 48.5 Å². The third kappa shape index (κ3) is 3.48. The number of thioether (sulfide) groups is 1. The van der Waals surface area contributed by atoms with Crippen molar-refractivity contribution in [3.63, 3.8) is 0 Å². The van der Waals surface area contributed by atoms with E-state index in [1.165, 1.54) is 11.8 Å². The minimum Gasteiger partial charge on any atom is -0.425 e. The van der Waals surface area contributed by atoms with E-state index >= 15 is 0 Å². The Morgan fingerprint density at radius 3 is 2.26 bits per heavy atom. The molecule has 0 bridgehead atoms. The Balaban J connectivity index is 1.88. The van der Waals surface area contributed by atoms with E-state index in [2.05, 4.69) is 0 Å². The molecule has 23 heavy (non-hydrogen) atoms. The summed E-state index contributed by atoms with van der Waals surface area (Å²) in [5, 5.41) is 0. The van der Waals surface area contributed by atoms with Gasteiger partial charge in [-0.05, 0) is 37.1 Å². The van der Waals surface area contributed by atoms with Crippen molar-refractivity contribution in [3.05, 3.63) is 60.7 Å². The number of rotatable bonds is 4. The summed E-state index contributed by atoms with van der Waals surface area (Å²) in [6, 6.07) is 18.5. The van der Waals surface area contributed by atoms with Gasteiger partial charge in [0.25, 0.3) is 0 Å². The zero-order chi connectivity index (χ0) is 16.1. The number of hydrogen-bond acceptors (Lipinski definition) is 4. The number of ketones is 1. The smallest absolute Gasteiger partial charge is 0.335 e. The molecule has 3 rings (SSSR count). The first kappa shape index (κ1) is 15.8. The minimum atomic E-state index is -1.13. The fraction of sp³-hybridized carbons (Fsp3) is 0.263. The van der Waals surface area contributed by atoms with Crippen LogP contribution in [0.4, 0.5) is 0 Å². The summed E-state index contributed by atoms with van der Waals surface area (Å²) >= 11 is 1.32. The molecule has 2 aromatic carbocycles. The van der Waals surface area contributed by atoms with E-state index in [4.69, 9.17) is 4.74 Å². The van der Waals surface area contributed by atoms with Gasteiger partial charge in [-0.1, -0.05) is 54.6 Å². The van der Waals surface area contributed by atoms with E-state index in [-0.39, 0.29) is 5.78 Å². The second kappa shape index (κ2) is 7.01. The molecule has 1 aliphatic rings. The monoisotopic (exact) mass is 326 g/mol. The van der Waals surface area contributed by atoms with E-state index in [0.29, 0.717) is 18.6 Å². The molecular weight excluding hydrogens is 308 g/mol. The summed E-state index contributed by atoms with van der Waals surface area (Å²) in [6.45, 7) is 0. The normalized spacial score (nSPS) is 21.0. The Labute approximate surface area is 140 Å². The maximum absolute atomic E-state index is 12.8.